The second kappa shape index (κ2) is 5.46. The summed E-state index contributed by atoms with van der Waals surface area (Å²) in [6, 6.07) is 5.61. The second-order valence-corrected chi connectivity index (χ2v) is 6.40. The van der Waals surface area contributed by atoms with Crippen LogP contribution in [0.1, 0.15) is 22.3 Å². The number of aromatic hydroxyl groups is 1. The third kappa shape index (κ3) is 2.52. The third-order valence-electron chi connectivity index (χ3n) is 3.04. The summed E-state index contributed by atoms with van der Waals surface area (Å²) >= 11 is 2.78. The fraction of sp³-hybridized carbons (Fsp3) is 0.200. The van der Waals surface area contributed by atoms with Gasteiger partial charge in [-0.2, -0.15) is 0 Å². The number of rotatable bonds is 3. The molecule has 6 heteroatoms. The van der Waals surface area contributed by atoms with Crippen LogP contribution < -0.4 is 0 Å². The number of carbonyl (C=O) groups excluding carboxylic acids is 1. The number of phenolic OH excluding ortho intramolecular Hbond substituents is 1. The van der Waals surface area contributed by atoms with Crippen LogP contribution in [0.25, 0.3) is 20.7 Å². The number of carbonyl (C=O) groups is 1. The van der Waals surface area contributed by atoms with Gasteiger partial charge >= 0.3 is 5.97 Å². The largest absolute Gasteiger partial charge is 0.506 e. The minimum atomic E-state index is -0.348. The van der Waals surface area contributed by atoms with Crippen LogP contribution in [0, 0.1) is 6.92 Å². The predicted octanol–water partition coefficient (Wildman–Crippen LogP) is 4.22. The third-order valence-corrected chi connectivity index (χ3v) is 5.18. The van der Waals surface area contributed by atoms with Crippen LogP contribution in [-0.2, 0) is 4.74 Å². The number of esters is 1. The Labute approximate surface area is 129 Å². The smallest absolute Gasteiger partial charge is 0.350 e. The Kier molecular flexibility index (Phi) is 3.65. The van der Waals surface area contributed by atoms with Crippen LogP contribution >= 0.6 is 22.7 Å². The van der Waals surface area contributed by atoms with E-state index in [-0.39, 0.29) is 11.7 Å². The molecule has 0 aliphatic rings. The lowest BCUT2D eigenvalue weighted by Gasteiger charge is -2.00. The molecular formula is C15H13NO3S2. The fourth-order valence-electron chi connectivity index (χ4n) is 2.09. The highest BCUT2D eigenvalue weighted by molar-refractivity contribution is 7.18. The van der Waals surface area contributed by atoms with E-state index in [2.05, 4.69) is 4.98 Å². The van der Waals surface area contributed by atoms with Crippen molar-refractivity contribution in [2.45, 2.75) is 13.8 Å². The molecule has 2 heterocycles. The van der Waals surface area contributed by atoms with E-state index >= 15 is 0 Å². The average Bonchev–Trinajstić information content (AvgIpc) is 3.05. The van der Waals surface area contributed by atoms with Crippen molar-refractivity contribution in [3.8, 4) is 16.3 Å². The van der Waals surface area contributed by atoms with Crippen molar-refractivity contribution in [3.63, 3.8) is 0 Å². The van der Waals surface area contributed by atoms with Crippen LogP contribution in [0.4, 0.5) is 0 Å². The molecule has 3 rings (SSSR count). The molecule has 1 N–H and O–H groups in total. The van der Waals surface area contributed by atoms with Crippen molar-refractivity contribution in [1.82, 2.24) is 4.98 Å². The van der Waals surface area contributed by atoms with E-state index in [0.717, 1.165) is 15.6 Å². The number of aryl methyl sites for hydroxylation is 1. The van der Waals surface area contributed by atoms with Gasteiger partial charge in [-0.15, -0.1) is 22.7 Å². The van der Waals surface area contributed by atoms with Crippen molar-refractivity contribution in [3.05, 3.63) is 34.2 Å². The Morgan fingerprint density at radius 2 is 2.24 bits per heavy atom. The van der Waals surface area contributed by atoms with Crippen LogP contribution in [0.2, 0.25) is 0 Å². The number of ether oxygens (including phenoxy) is 1. The first kappa shape index (κ1) is 14.0. The molecule has 0 saturated heterocycles. The van der Waals surface area contributed by atoms with Gasteiger partial charge in [-0.05, 0) is 42.8 Å². The van der Waals surface area contributed by atoms with Crippen molar-refractivity contribution < 1.29 is 14.6 Å². The molecule has 2 aromatic heterocycles. The number of hydrogen-bond donors (Lipinski definition) is 1. The summed E-state index contributed by atoms with van der Waals surface area (Å²) in [5.41, 5.74) is 1.46. The minimum absolute atomic E-state index is 0.239. The van der Waals surface area contributed by atoms with E-state index in [1.54, 1.807) is 19.9 Å². The zero-order chi connectivity index (χ0) is 15.0. The lowest BCUT2D eigenvalue weighted by atomic mass is 10.1. The van der Waals surface area contributed by atoms with Gasteiger partial charge in [0.2, 0.25) is 0 Å². The Bertz CT molecular complexity index is 820. The van der Waals surface area contributed by atoms with E-state index in [1.165, 1.54) is 22.7 Å². The standard InChI is InChI=1S/C15H13NO3S2/c1-3-19-15(18)12-8(2)16-14(21-12)10-6-9-4-5-20-13(9)11(17)7-10/h4-7,17H,3H2,1-2H3. The van der Waals surface area contributed by atoms with Gasteiger partial charge < -0.3 is 9.84 Å². The van der Waals surface area contributed by atoms with E-state index in [9.17, 15) is 9.90 Å². The van der Waals surface area contributed by atoms with Crippen molar-refractivity contribution >= 4 is 38.7 Å². The van der Waals surface area contributed by atoms with E-state index in [1.807, 2.05) is 17.5 Å². The molecule has 3 aromatic rings. The molecule has 21 heavy (non-hydrogen) atoms. The van der Waals surface area contributed by atoms with Gasteiger partial charge in [0.1, 0.15) is 15.6 Å². The zero-order valence-electron chi connectivity index (χ0n) is 11.5. The van der Waals surface area contributed by atoms with Crippen LogP contribution in [0.5, 0.6) is 5.75 Å². The van der Waals surface area contributed by atoms with Gasteiger partial charge in [0.25, 0.3) is 0 Å². The number of thiophene rings is 1. The fourth-order valence-corrected chi connectivity index (χ4v) is 3.83. The number of nitrogens with zero attached hydrogens (tertiary/aromatic N) is 1. The first-order valence-electron chi connectivity index (χ1n) is 6.45. The number of thiazole rings is 1. The number of phenols is 1. The van der Waals surface area contributed by atoms with E-state index < -0.39 is 0 Å². The molecule has 0 saturated carbocycles. The topological polar surface area (TPSA) is 59.4 Å². The number of fused-ring (bicyclic) bond motifs is 1. The maximum atomic E-state index is 11.8. The highest BCUT2D eigenvalue weighted by Gasteiger charge is 2.18. The molecular weight excluding hydrogens is 306 g/mol. The Morgan fingerprint density at radius 3 is 3.00 bits per heavy atom. The molecule has 1 aromatic carbocycles. The normalized spacial score (nSPS) is 11.0. The average molecular weight is 319 g/mol. The summed E-state index contributed by atoms with van der Waals surface area (Å²) in [5, 5.41) is 13.7. The van der Waals surface area contributed by atoms with Crippen LogP contribution in [-0.4, -0.2) is 22.7 Å². The minimum Gasteiger partial charge on any atom is -0.506 e. The summed E-state index contributed by atoms with van der Waals surface area (Å²) in [6.07, 6.45) is 0. The molecule has 0 unspecified atom stereocenters. The summed E-state index contributed by atoms with van der Waals surface area (Å²) in [7, 11) is 0. The Hall–Kier alpha value is -1.92. The molecule has 0 radical (unpaired) electrons. The summed E-state index contributed by atoms with van der Waals surface area (Å²) in [4.78, 5) is 16.8. The number of hydrogen-bond acceptors (Lipinski definition) is 6. The lowest BCUT2D eigenvalue weighted by Crippen LogP contribution is -2.03. The maximum Gasteiger partial charge on any atom is 0.350 e. The molecule has 0 fully saturated rings. The van der Waals surface area contributed by atoms with Crippen molar-refractivity contribution in [1.29, 1.82) is 0 Å². The van der Waals surface area contributed by atoms with Crippen molar-refractivity contribution in [2.75, 3.05) is 6.61 Å². The molecule has 0 atom stereocenters. The first-order valence-corrected chi connectivity index (χ1v) is 8.15. The van der Waals surface area contributed by atoms with Gasteiger partial charge in [-0.25, -0.2) is 9.78 Å². The number of aromatic nitrogens is 1. The molecule has 0 amide bonds. The summed E-state index contributed by atoms with van der Waals surface area (Å²) < 4.78 is 5.88. The molecule has 0 aliphatic carbocycles. The van der Waals surface area contributed by atoms with Crippen LogP contribution in [0.15, 0.2) is 23.6 Å². The van der Waals surface area contributed by atoms with Gasteiger partial charge in [0.05, 0.1) is 17.0 Å². The molecule has 0 spiro atoms. The van der Waals surface area contributed by atoms with Crippen LogP contribution in [0.3, 0.4) is 0 Å². The van der Waals surface area contributed by atoms with E-state index in [4.69, 9.17) is 4.74 Å². The monoisotopic (exact) mass is 319 g/mol. The van der Waals surface area contributed by atoms with Gasteiger partial charge in [-0.1, -0.05) is 0 Å². The highest BCUT2D eigenvalue weighted by Crippen LogP contribution is 2.37. The Morgan fingerprint density at radius 1 is 1.43 bits per heavy atom. The Balaban J connectivity index is 2.06. The number of benzene rings is 1. The van der Waals surface area contributed by atoms with E-state index in [0.29, 0.717) is 22.2 Å². The van der Waals surface area contributed by atoms with Gasteiger partial charge in [-0.3, -0.25) is 0 Å². The molecule has 108 valence electrons. The molecule has 0 bridgehead atoms. The zero-order valence-corrected chi connectivity index (χ0v) is 13.2. The quantitative estimate of drug-likeness (QED) is 0.734. The summed E-state index contributed by atoms with van der Waals surface area (Å²) in [6.45, 7) is 3.90. The predicted molar refractivity (Wildman–Crippen MR) is 85.3 cm³/mol. The highest BCUT2D eigenvalue weighted by atomic mass is 32.1. The van der Waals surface area contributed by atoms with Gasteiger partial charge in [0.15, 0.2) is 0 Å². The maximum absolute atomic E-state index is 11.8. The second-order valence-electron chi connectivity index (χ2n) is 4.49. The first-order chi connectivity index (χ1) is 10.1. The van der Waals surface area contributed by atoms with Crippen molar-refractivity contribution in [2.24, 2.45) is 0 Å². The SMILES string of the molecule is CCOC(=O)c1sc(-c2cc(O)c3sccc3c2)nc1C. The molecule has 0 aliphatic heterocycles. The van der Waals surface area contributed by atoms with Gasteiger partial charge in [0, 0.05) is 5.56 Å². The summed E-state index contributed by atoms with van der Waals surface area (Å²) in [5.74, 6) is -0.109. The lowest BCUT2D eigenvalue weighted by molar-refractivity contribution is 0.0531. The molecule has 4 nitrogen and oxygen atoms in total.